The van der Waals surface area contributed by atoms with Crippen molar-refractivity contribution in [3.8, 4) is 23.0 Å². The quantitative estimate of drug-likeness (QED) is 0.238. The number of hydrogen-bond donors (Lipinski definition) is 2. The fraction of sp³-hybridized carbons (Fsp3) is 0.207. The SMILES string of the molecule is COc1ccc(NC(=O)C2=C(C)Nc3ncnn3[C@H]2c2ccc(OCc3ccc(Cl)c(Cl)c3)c(OC)c2)c(OC)c1. The molecule has 0 aliphatic carbocycles. The maximum absolute atomic E-state index is 13.8. The Bertz CT molecular complexity index is 1640. The van der Waals surface area contributed by atoms with Gasteiger partial charge in [0.25, 0.3) is 5.91 Å². The van der Waals surface area contributed by atoms with Crippen molar-refractivity contribution in [1.29, 1.82) is 0 Å². The largest absolute Gasteiger partial charge is 0.497 e. The van der Waals surface area contributed by atoms with E-state index >= 15 is 0 Å². The number of fused-ring (bicyclic) bond motifs is 1. The summed E-state index contributed by atoms with van der Waals surface area (Å²) < 4.78 is 24.1. The molecule has 0 spiro atoms. The van der Waals surface area contributed by atoms with Crippen LogP contribution in [0.4, 0.5) is 11.6 Å². The molecule has 12 heteroatoms. The van der Waals surface area contributed by atoms with Crippen molar-refractivity contribution in [3.05, 3.63) is 93.4 Å². The number of hydrogen-bond acceptors (Lipinski definition) is 8. The number of nitrogens with one attached hydrogen (secondary N) is 2. The van der Waals surface area contributed by atoms with Gasteiger partial charge in [0.15, 0.2) is 11.5 Å². The number of ether oxygens (including phenoxy) is 4. The molecule has 0 bridgehead atoms. The summed E-state index contributed by atoms with van der Waals surface area (Å²) >= 11 is 12.2. The number of rotatable bonds is 9. The molecular formula is C29H27Cl2N5O5. The molecule has 41 heavy (non-hydrogen) atoms. The highest BCUT2D eigenvalue weighted by Crippen LogP contribution is 2.40. The molecule has 1 amide bonds. The first-order chi connectivity index (χ1) is 19.8. The second-order valence-corrected chi connectivity index (χ2v) is 9.88. The minimum Gasteiger partial charge on any atom is -0.497 e. The van der Waals surface area contributed by atoms with Crippen LogP contribution in [0.15, 0.2) is 72.2 Å². The van der Waals surface area contributed by atoms with E-state index in [1.54, 1.807) is 55.3 Å². The van der Waals surface area contributed by atoms with E-state index in [2.05, 4.69) is 20.7 Å². The summed E-state index contributed by atoms with van der Waals surface area (Å²) in [7, 11) is 4.64. The third kappa shape index (κ3) is 5.75. The number of anilines is 2. The van der Waals surface area contributed by atoms with E-state index in [0.717, 1.165) is 11.1 Å². The van der Waals surface area contributed by atoms with Gasteiger partial charge in [-0.15, -0.1) is 0 Å². The fourth-order valence-corrected chi connectivity index (χ4v) is 4.87. The van der Waals surface area contributed by atoms with Crippen LogP contribution >= 0.6 is 23.2 Å². The minimum absolute atomic E-state index is 0.254. The van der Waals surface area contributed by atoms with Gasteiger partial charge in [-0.25, -0.2) is 4.68 Å². The van der Waals surface area contributed by atoms with Crippen LogP contribution in [-0.4, -0.2) is 42.0 Å². The molecule has 2 heterocycles. The van der Waals surface area contributed by atoms with Crippen molar-refractivity contribution in [2.24, 2.45) is 0 Å². The lowest BCUT2D eigenvalue weighted by molar-refractivity contribution is -0.113. The lowest BCUT2D eigenvalue weighted by Crippen LogP contribution is -2.31. The smallest absolute Gasteiger partial charge is 0.255 e. The number of carbonyl (C=O) groups is 1. The second kappa shape index (κ2) is 12.0. The molecule has 212 valence electrons. The zero-order chi connectivity index (χ0) is 29.1. The van der Waals surface area contributed by atoms with Gasteiger partial charge < -0.3 is 29.6 Å². The minimum atomic E-state index is -0.615. The number of carbonyl (C=O) groups excluding carboxylic acids is 1. The number of methoxy groups -OCH3 is 3. The number of halogens is 2. The Hall–Kier alpha value is -4.41. The molecule has 0 saturated carbocycles. The van der Waals surface area contributed by atoms with Gasteiger partial charge in [-0.3, -0.25) is 4.79 Å². The zero-order valence-corrected chi connectivity index (χ0v) is 24.2. The molecule has 0 fully saturated rings. The van der Waals surface area contributed by atoms with Crippen LogP contribution in [0.2, 0.25) is 10.0 Å². The molecule has 2 N–H and O–H groups in total. The van der Waals surface area contributed by atoms with Gasteiger partial charge in [-0.2, -0.15) is 10.1 Å². The normalized spacial score (nSPS) is 14.1. The molecule has 3 aromatic carbocycles. The van der Waals surface area contributed by atoms with Gasteiger partial charge in [-0.05, 0) is 54.4 Å². The highest BCUT2D eigenvalue weighted by Gasteiger charge is 2.34. The molecule has 1 atom stereocenters. The predicted octanol–water partition coefficient (Wildman–Crippen LogP) is 6.12. The number of nitrogens with zero attached hydrogens (tertiary/aromatic N) is 3. The first-order valence-corrected chi connectivity index (χ1v) is 13.2. The molecule has 1 aromatic heterocycles. The topological polar surface area (TPSA) is 109 Å². The highest BCUT2D eigenvalue weighted by atomic mass is 35.5. The van der Waals surface area contributed by atoms with E-state index in [0.29, 0.717) is 55.9 Å². The van der Waals surface area contributed by atoms with Crippen molar-refractivity contribution in [2.75, 3.05) is 32.0 Å². The van der Waals surface area contributed by atoms with E-state index in [4.69, 9.17) is 42.1 Å². The van der Waals surface area contributed by atoms with Gasteiger partial charge >= 0.3 is 0 Å². The molecule has 5 rings (SSSR count). The van der Waals surface area contributed by atoms with Crippen LogP contribution in [0.1, 0.15) is 24.1 Å². The van der Waals surface area contributed by atoms with Gasteiger partial charge in [0.1, 0.15) is 30.5 Å². The van der Waals surface area contributed by atoms with Crippen LogP contribution < -0.4 is 29.6 Å². The van der Waals surface area contributed by atoms with E-state index in [9.17, 15) is 4.79 Å². The van der Waals surface area contributed by atoms with Crippen molar-refractivity contribution < 1.29 is 23.7 Å². The maximum Gasteiger partial charge on any atom is 0.255 e. The molecule has 10 nitrogen and oxygen atoms in total. The molecule has 0 radical (unpaired) electrons. The third-order valence-corrected chi connectivity index (χ3v) is 7.32. The monoisotopic (exact) mass is 595 g/mol. The number of allylic oxidation sites excluding steroid dienone is 1. The van der Waals surface area contributed by atoms with Gasteiger partial charge in [-0.1, -0.05) is 35.3 Å². The first kappa shape index (κ1) is 28.1. The second-order valence-electron chi connectivity index (χ2n) is 9.06. The molecule has 1 aliphatic heterocycles. The summed E-state index contributed by atoms with van der Waals surface area (Å²) in [5, 5.41) is 11.5. The van der Waals surface area contributed by atoms with E-state index in [1.165, 1.54) is 13.4 Å². The lowest BCUT2D eigenvalue weighted by Gasteiger charge is -2.29. The van der Waals surface area contributed by atoms with Crippen LogP contribution in [0.25, 0.3) is 0 Å². The van der Waals surface area contributed by atoms with E-state index < -0.39 is 6.04 Å². The van der Waals surface area contributed by atoms with Gasteiger partial charge in [0.05, 0.1) is 42.6 Å². The maximum atomic E-state index is 13.8. The van der Waals surface area contributed by atoms with Crippen molar-refractivity contribution in [3.63, 3.8) is 0 Å². The Morgan fingerprint density at radius 2 is 1.76 bits per heavy atom. The molecule has 1 aliphatic rings. The summed E-state index contributed by atoms with van der Waals surface area (Å²) in [6, 6.07) is 15.3. The first-order valence-electron chi connectivity index (χ1n) is 12.5. The molecular weight excluding hydrogens is 569 g/mol. The van der Waals surface area contributed by atoms with E-state index in [-0.39, 0.29) is 12.5 Å². The Morgan fingerprint density at radius 3 is 2.49 bits per heavy atom. The highest BCUT2D eigenvalue weighted by molar-refractivity contribution is 6.42. The number of amides is 1. The third-order valence-electron chi connectivity index (χ3n) is 6.58. The molecule has 0 saturated heterocycles. The van der Waals surface area contributed by atoms with E-state index in [1.807, 2.05) is 25.1 Å². The lowest BCUT2D eigenvalue weighted by atomic mass is 9.94. The number of benzene rings is 3. The number of aromatic nitrogens is 3. The Kier molecular flexibility index (Phi) is 8.23. The summed E-state index contributed by atoms with van der Waals surface area (Å²) in [5.41, 5.74) is 3.14. The van der Waals surface area contributed by atoms with Crippen molar-refractivity contribution in [2.45, 2.75) is 19.6 Å². The molecule has 4 aromatic rings. The Balaban J connectivity index is 1.47. The van der Waals surface area contributed by atoms with Crippen LogP contribution in [0.5, 0.6) is 23.0 Å². The summed E-state index contributed by atoms with van der Waals surface area (Å²) in [4.78, 5) is 18.1. The Morgan fingerprint density at radius 1 is 0.951 bits per heavy atom. The summed E-state index contributed by atoms with van der Waals surface area (Å²) in [6.07, 6.45) is 1.43. The zero-order valence-electron chi connectivity index (χ0n) is 22.7. The summed E-state index contributed by atoms with van der Waals surface area (Å²) in [5.74, 6) is 2.23. The predicted molar refractivity (Wildman–Crippen MR) is 156 cm³/mol. The standard InChI is InChI=1S/C29H27Cl2N5O5/c1-16-26(28(37)35-22-9-7-19(38-2)13-24(22)39-3)27(36-29(34-16)32-15-33-36)18-6-10-23(25(12-18)40-4)41-14-17-5-8-20(30)21(31)11-17/h5-13,15,27H,14H2,1-4H3,(H,35,37)(H,32,33,34)/t27-/m0/s1. The fourth-order valence-electron chi connectivity index (χ4n) is 4.55. The Labute approximate surface area is 246 Å². The van der Waals surface area contributed by atoms with Crippen molar-refractivity contribution in [1.82, 2.24) is 14.8 Å². The van der Waals surface area contributed by atoms with Crippen LogP contribution in [-0.2, 0) is 11.4 Å². The van der Waals surface area contributed by atoms with Gasteiger partial charge in [0, 0.05) is 11.8 Å². The van der Waals surface area contributed by atoms with Crippen LogP contribution in [0.3, 0.4) is 0 Å². The average molecular weight is 596 g/mol. The van der Waals surface area contributed by atoms with Crippen molar-refractivity contribution >= 4 is 40.7 Å². The molecule has 0 unspecified atom stereocenters. The average Bonchev–Trinajstić information content (AvgIpc) is 3.45. The van der Waals surface area contributed by atoms with Crippen LogP contribution in [0, 0.1) is 0 Å². The van der Waals surface area contributed by atoms with Gasteiger partial charge in [0.2, 0.25) is 5.95 Å². The summed E-state index contributed by atoms with van der Waals surface area (Å²) in [6.45, 7) is 2.07.